The van der Waals surface area contributed by atoms with Crippen LogP contribution in [-0.4, -0.2) is 17.0 Å². The molecule has 5 heteroatoms. The minimum Gasteiger partial charge on any atom is -0.481 e. The molecule has 0 unspecified atom stereocenters. The second-order valence-corrected chi connectivity index (χ2v) is 3.05. The molecule has 0 fully saturated rings. The number of aliphatic carboxylic acids is 1. The van der Waals surface area contributed by atoms with Crippen molar-refractivity contribution in [3.63, 3.8) is 0 Å². The van der Waals surface area contributed by atoms with Crippen LogP contribution in [0.4, 0.5) is 0 Å². The van der Waals surface area contributed by atoms with Crippen LogP contribution < -0.4 is 4.74 Å². The summed E-state index contributed by atoms with van der Waals surface area (Å²) in [5, 5.41) is 8.29. The average Bonchev–Trinajstić information content (AvgIpc) is 2.07. The fourth-order valence-corrected chi connectivity index (χ4v) is 0.954. The lowest BCUT2D eigenvalue weighted by atomic mass is 10.3. The Morgan fingerprint density at radius 2 is 1.86 bits per heavy atom. The van der Waals surface area contributed by atoms with E-state index in [2.05, 4.69) is 12.6 Å². The first-order chi connectivity index (χ1) is 6.58. The fraction of sp³-hybridized carbons (Fsp3) is 0.111. The van der Waals surface area contributed by atoms with E-state index in [9.17, 15) is 9.59 Å². The number of carboxylic acid groups (broad SMARTS) is 1. The second kappa shape index (κ2) is 4.66. The Bertz CT molecular complexity index is 344. The van der Waals surface area contributed by atoms with Crippen LogP contribution in [0.25, 0.3) is 0 Å². The third-order valence-electron chi connectivity index (χ3n) is 1.36. The molecule has 0 radical (unpaired) electrons. The monoisotopic (exact) mass is 212 g/mol. The minimum atomic E-state index is -1.21. The Morgan fingerprint density at radius 1 is 1.29 bits per heavy atom. The fourth-order valence-electron chi connectivity index (χ4n) is 0.805. The van der Waals surface area contributed by atoms with E-state index in [1.54, 1.807) is 24.3 Å². The van der Waals surface area contributed by atoms with E-state index >= 15 is 0 Å². The zero-order valence-electron chi connectivity index (χ0n) is 7.14. The molecular weight excluding hydrogens is 204 g/mol. The molecule has 1 aromatic carbocycles. The van der Waals surface area contributed by atoms with Crippen molar-refractivity contribution >= 4 is 24.6 Å². The molecule has 0 atom stereocenters. The van der Waals surface area contributed by atoms with Crippen LogP contribution in [-0.2, 0) is 9.59 Å². The van der Waals surface area contributed by atoms with Crippen molar-refractivity contribution < 1.29 is 19.4 Å². The van der Waals surface area contributed by atoms with Gasteiger partial charge in [0.25, 0.3) is 0 Å². The Hall–Kier alpha value is -1.49. The molecule has 0 aliphatic rings. The largest absolute Gasteiger partial charge is 0.481 e. The van der Waals surface area contributed by atoms with Gasteiger partial charge in [0.05, 0.1) is 0 Å². The van der Waals surface area contributed by atoms with Gasteiger partial charge < -0.3 is 9.84 Å². The van der Waals surface area contributed by atoms with E-state index in [1.165, 1.54) is 0 Å². The summed E-state index contributed by atoms with van der Waals surface area (Å²) < 4.78 is 4.73. The van der Waals surface area contributed by atoms with Crippen LogP contribution in [0.1, 0.15) is 6.42 Å². The third-order valence-corrected chi connectivity index (χ3v) is 1.66. The van der Waals surface area contributed by atoms with Crippen molar-refractivity contribution in [2.45, 2.75) is 11.3 Å². The highest BCUT2D eigenvalue weighted by Crippen LogP contribution is 2.14. The van der Waals surface area contributed by atoms with Crippen LogP contribution >= 0.6 is 12.6 Å². The molecule has 0 bridgehead atoms. The van der Waals surface area contributed by atoms with Gasteiger partial charge in [0.1, 0.15) is 12.2 Å². The van der Waals surface area contributed by atoms with Crippen molar-refractivity contribution in [3.8, 4) is 5.75 Å². The van der Waals surface area contributed by atoms with Gasteiger partial charge in [-0.3, -0.25) is 9.59 Å². The predicted molar refractivity (Wildman–Crippen MR) is 51.6 cm³/mol. The third kappa shape index (κ3) is 3.49. The van der Waals surface area contributed by atoms with Gasteiger partial charge in [-0.2, -0.15) is 0 Å². The van der Waals surface area contributed by atoms with Crippen molar-refractivity contribution in [3.05, 3.63) is 24.3 Å². The van der Waals surface area contributed by atoms with Crippen LogP contribution in [0.2, 0.25) is 0 Å². The molecule has 0 aromatic heterocycles. The number of hydrogen-bond donors (Lipinski definition) is 2. The van der Waals surface area contributed by atoms with Gasteiger partial charge in [-0.25, -0.2) is 0 Å². The highest BCUT2D eigenvalue weighted by atomic mass is 32.1. The topological polar surface area (TPSA) is 63.6 Å². The van der Waals surface area contributed by atoms with E-state index in [0.29, 0.717) is 5.75 Å². The van der Waals surface area contributed by atoms with Gasteiger partial charge in [-0.05, 0) is 24.3 Å². The first-order valence-electron chi connectivity index (χ1n) is 3.79. The number of rotatable bonds is 3. The van der Waals surface area contributed by atoms with E-state index < -0.39 is 18.4 Å². The Morgan fingerprint density at radius 3 is 2.36 bits per heavy atom. The molecule has 0 heterocycles. The van der Waals surface area contributed by atoms with Gasteiger partial charge in [0, 0.05) is 4.90 Å². The zero-order chi connectivity index (χ0) is 10.6. The number of ether oxygens (including phenoxy) is 1. The van der Waals surface area contributed by atoms with Crippen LogP contribution in [0.3, 0.4) is 0 Å². The van der Waals surface area contributed by atoms with Gasteiger partial charge >= 0.3 is 11.9 Å². The molecule has 0 aliphatic carbocycles. The number of carboxylic acids is 1. The molecule has 1 N–H and O–H groups in total. The van der Waals surface area contributed by atoms with Gasteiger partial charge in [-0.15, -0.1) is 12.6 Å². The van der Waals surface area contributed by atoms with E-state index in [4.69, 9.17) is 9.84 Å². The smallest absolute Gasteiger partial charge is 0.322 e. The maximum Gasteiger partial charge on any atom is 0.322 e. The summed E-state index contributed by atoms with van der Waals surface area (Å²) in [4.78, 5) is 21.8. The standard InChI is InChI=1S/C9H8O4S/c10-8(11)5-9(12)13-6-1-3-7(14)4-2-6/h1-4,14H,5H2,(H,10,11). The number of hydrogen-bond acceptors (Lipinski definition) is 4. The molecular formula is C9H8O4S. The Labute approximate surface area is 85.9 Å². The molecule has 4 nitrogen and oxygen atoms in total. The highest BCUT2D eigenvalue weighted by Gasteiger charge is 2.09. The molecule has 1 rings (SSSR count). The van der Waals surface area contributed by atoms with E-state index in [1.807, 2.05) is 0 Å². The van der Waals surface area contributed by atoms with E-state index in [0.717, 1.165) is 4.90 Å². The molecule has 0 aliphatic heterocycles. The first kappa shape index (κ1) is 10.6. The number of thiol groups is 1. The maximum atomic E-state index is 10.9. The Kier molecular flexibility index (Phi) is 3.53. The summed E-state index contributed by atoms with van der Waals surface area (Å²) in [6, 6.07) is 6.38. The molecule has 0 spiro atoms. The summed E-state index contributed by atoms with van der Waals surface area (Å²) >= 11 is 4.04. The predicted octanol–water partition coefficient (Wildman–Crippen LogP) is 1.36. The summed E-state index contributed by atoms with van der Waals surface area (Å²) in [7, 11) is 0. The van der Waals surface area contributed by atoms with Crippen molar-refractivity contribution in [2.24, 2.45) is 0 Å². The molecule has 0 saturated carbocycles. The van der Waals surface area contributed by atoms with Crippen LogP contribution in [0.5, 0.6) is 5.75 Å². The van der Waals surface area contributed by atoms with Gasteiger partial charge in [0.15, 0.2) is 0 Å². The summed E-state index contributed by atoms with van der Waals surface area (Å²) in [6.45, 7) is 0. The maximum absolute atomic E-state index is 10.9. The number of esters is 1. The molecule has 14 heavy (non-hydrogen) atoms. The van der Waals surface area contributed by atoms with Crippen molar-refractivity contribution in [1.82, 2.24) is 0 Å². The SMILES string of the molecule is O=C(O)CC(=O)Oc1ccc(S)cc1. The number of benzene rings is 1. The molecule has 0 saturated heterocycles. The number of carbonyl (C=O) groups excluding carboxylic acids is 1. The van der Waals surface area contributed by atoms with Crippen molar-refractivity contribution in [1.29, 1.82) is 0 Å². The summed E-state index contributed by atoms with van der Waals surface area (Å²) in [5.74, 6) is -1.68. The first-order valence-corrected chi connectivity index (χ1v) is 4.24. The van der Waals surface area contributed by atoms with Crippen LogP contribution in [0, 0.1) is 0 Å². The molecule has 1 aromatic rings. The second-order valence-electron chi connectivity index (χ2n) is 2.54. The summed E-state index contributed by atoms with van der Waals surface area (Å²) in [6.07, 6.45) is -0.636. The minimum absolute atomic E-state index is 0.314. The van der Waals surface area contributed by atoms with Crippen LogP contribution in [0.15, 0.2) is 29.2 Å². The normalized spacial score (nSPS) is 9.50. The highest BCUT2D eigenvalue weighted by molar-refractivity contribution is 7.80. The lowest BCUT2D eigenvalue weighted by Gasteiger charge is -2.01. The van der Waals surface area contributed by atoms with E-state index in [-0.39, 0.29) is 0 Å². The average molecular weight is 212 g/mol. The lowest BCUT2D eigenvalue weighted by Crippen LogP contribution is -2.13. The molecule has 0 amide bonds. The number of carbonyl (C=O) groups is 2. The quantitative estimate of drug-likeness (QED) is 0.343. The van der Waals surface area contributed by atoms with Gasteiger partial charge in [-0.1, -0.05) is 0 Å². The lowest BCUT2D eigenvalue weighted by molar-refractivity contribution is -0.145. The van der Waals surface area contributed by atoms with Gasteiger partial charge in [0.2, 0.25) is 0 Å². The van der Waals surface area contributed by atoms with Crippen molar-refractivity contribution in [2.75, 3.05) is 0 Å². The zero-order valence-corrected chi connectivity index (χ0v) is 8.03. The molecule has 74 valence electrons. The summed E-state index contributed by atoms with van der Waals surface area (Å²) in [5.41, 5.74) is 0. The Balaban J connectivity index is 2.56.